The van der Waals surface area contributed by atoms with E-state index in [1.807, 2.05) is 18.2 Å². The molecule has 0 saturated heterocycles. The molecule has 0 saturated carbocycles. The molecule has 0 aliphatic carbocycles. The third kappa shape index (κ3) is 6.53. The molecule has 0 bridgehead atoms. The quantitative estimate of drug-likeness (QED) is 0.699. The van der Waals surface area contributed by atoms with Crippen LogP contribution in [-0.4, -0.2) is 25.6 Å². The van der Waals surface area contributed by atoms with Crippen LogP contribution in [0.2, 0.25) is 0 Å². The first kappa shape index (κ1) is 17.0. The SMILES string of the molecule is NCCC(=O)NCCCOc1ccc(Cc2ccccc2)cc1. The Bertz CT molecular complexity index is 582. The van der Waals surface area contributed by atoms with Gasteiger partial charge in [-0.1, -0.05) is 42.5 Å². The molecule has 0 aliphatic heterocycles. The van der Waals surface area contributed by atoms with Crippen molar-refractivity contribution in [2.24, 2.45) is 5.73 Å². The lowest BCUT2D eigenvalue weighted by Gasteiger charge is -2.08. The van der Waals surface area contributed by atoms with E-state index in [1.54, 1.807) is 0 Å². The first-order valence-electron chi connectivity index (χ1n) is 8.00. The van der Waals surface area contributed by atoms with Gasteiger partial charge in [-0.15, -0.1) is 0 Å². The number of nitrogens with one attached hydrogen (secondary N) is 1. The predicted molar refractivity (Wildman–Crippen MR) is 92.5 cm³/mol. The van der Waals surface area contributed by atoms with Gasteiger partial charge in [-0.25, -0.2) is 0 Å². The van der Waals surface area contributed by atoms with Crippen molar-refractivity contribution in [2.45, 2.75) is 19.3 Å². The van der Waals surface area contributed by atoms with E-state index >= 15 is 0 Å². The molecule has 0 unspecified atom stereocenters. The van der Waals surface area contributed by atoms with Gasteiger partial charge >= 0.3 is 0 Å². The summed E-state index contributed by atoms with van der Waals surface area (Å²) < 4.78 is 5.68. The number of carbonyl (C=O) groups is 1. The minimum absolute atomic E-state index is 0.00207. The standard InChI is InChI=1S/C19H24N2O2/c20-12-11-19(22)21-13-4-14-23-18-9-7-17(8-10-18)15-16-5-2-1-3-6-16/h1-3,5-10H,4,11-15,20H2,(H,21,22). The van der Waals surface area contributed by atoms with Gasteiger partial charge in [0.1, 0.15) is 5.75 Å². The zero-order chi connectivity index (χ0) is 16.3. The van der Waals surface area contributed by atoms with Crippen LogP contribution in [0.4, 0.5) is 0 Å². The molecule has 4 nitrogen and oxygen atoms in total. The summed E-state index contributed by atoms with van der Waals surface area (Å²) >= 11 is 0. The van der Waals surface area contributed by atoms with Crippen LogP contribution in [0.3, 0.4) is 0 Å². The summed E-state index contributed by atoms with van der Waals surface area (Å²) in [5.41, 5.74) is 7.87. The molecule has 0 radical (unpaired) electrons. The maximum Gasteiger partial charge on any atom is 0.221 e. The molecule has 0 aliphatic rings. The van der Waals surface area contributed by atoms with Crippen molar-refractivity contribution in [3.8, 4) is 5.75 Å². The van der Waals surface area contributed by atoms with Crippen LogP contribution < -0.4 is 15.8 Å². The lowest BCUT2D eigenvalue weighted by molar-refractivity contribution is -0.120. The molecule has 3 N–H and O–H groups in total. The molecule has 0 aromatic heterocycles. The second kappa shape index (κ2) is 9.64. The Hall–Kier alpha value is -2.33. The Morgan fingerprint density at radius 1 is 1.00 bits per heavy atom. The van der Waals surface area contributed by atoms with Crippen LogP contribution >= 0.6 is 0 Å². The summed E-state index contributed by atoms with van der Waals surface area (Å²) in [7, 11) is 0. The van der Waals surface area contributed by atoms with Gasteiger partial charge in [0.2, 0.25) is 5.91 Å². The Labute approximate surface area is 137 Å². The maximum absolute atomic E-state index is 11.2. The molecule has 23 heavy (non-hydrogen) atoms. The topological polar surface area (TPSA) is 64.4 Å². The van der Waals surface area contributed by atoms with Crippen LogP contribution in [0.25, 0.3) is 0 Å². The van der Waals surface area contributed by atoms with Crippen molar-refractivity contribution in [1.29, 1.82) is 0 Å². The molecule has 1 amide bonds. The van der Waals surface area contributed by atoms with Crippen molar-refractivity contribution >= 4 is 5.91 Å². The number of benzene rings is 2. The van der Waals surface area contributed by atoms with E-state index in [1.165, 1.54) is 11.1 Å². The van der Waals surface area contributed by atoms with E-state index in [0.717, 1.165) is 18.6 Å². The van der Waals surface area contributed by atoms with Crippen LogP contribution in [0.1, 0.15) is 24.0 Å². The maximum atomic E-state index is 11.2. The Balaban J connectivity index is 1.68. The van der Waals surface area contributed by atoms with Crippen molar-refractivity contribution in [2.75, 3.05) is 19.7 Å². The average molecular weight is 312 g/mol. The molecule has 2 aromatic rings. The van der Waals surface area contributed by atoms with Gasteiger partial charge in [-0.2, -0.15) is 0 Å². The fraction of sp³-hybridized carbons (Fsp3) is 0.316. The fourth-order valence-corrected chi connectivity index (χ4v) is 2.24. The van der Waals surface area contributed by atoms with Gasteiger partial charge in [0.15, 0.2) is 0 Å². The highest BCUT2D eigenvalue weighted by Gasteiger charge is 2.00. The smallest absolute Gasteiger partial charge is 0.221 e. The van der Waals surface area contributed by atoms with Crippen molar-refractivity contribution in [1.82, 2.24) is 5.32 Å². The Morgan fingerprint density at radius 3 is 2.39 bits per heavy atom. The minimum Gasteiger partial charge on any atom is -0.494 e. The molecule has 4 heteroatoms. The van der Waals surface area contributed by atoms with Gasteiger partial charge in [0, 0.05) is 19.5 Å². The van der Waals surface area contributed by atoms with E-state index in [-0.39, 0.29) is 5.91 Å². The number of hydrogen-bond donors (Lipinski definition) is 2. The Morgan fingerprint density at radius 2 is 1.70 bits per heavy atom. The number of rotatable bonds is 9. The first-order valence-corrected chi connectivity index (χ1v) is 8.00. The third-order valence-corrected chi connectivity index (χ3v) is 3.46. The second-order valence-electron chi connectivity index (χ2n) is 5.40. The van der Waals surface area contributed by atoms with Gasteiger partial charge in [-0.3, -0.25) is 4.79 Å². The van der Waals surface area contributed by atoms with Gasteiger partial charge < -0.3 is 15.8 Å². The summed E-state index contributed by atoms with van der Waals surface area (Å²) in [6.45, 7) is 1.59. The number of carbonyl (C=O) groups excluding carboxylic acids is 1. The number of nitrogens with two attached hydrogens (primary N) is 1. The highest BCUT2D eigenvalue weighted by molar-refractivity contribution is 5.75. The monoisotopic (exact) mass is 312 g/mol. The highest BCUT2D eigenvalue weighted by atomic mass is 16.5. The summed E-state index contributed by atoms with van der Waals surface area (Å²) in [5, 5.41) is 2.81. The zero-order valence-corrected chi connectivity index (χ0v) is 13.3. The molecular formula is C19H24N2O2. The van der Waals surface area contributed by atoms with E-state index in [9.17, 15) is 4.79 Å². The molecule has 122 valence electrons. The average Bonchev–Trinajstić information content (AvgIpc) is 2.57. The Kier molecular flexibility index (Phi) is 7.14. The summed E-state index contributed by atoms with van der Waals surface area (Å²) in [6.07, 6.45) is 2.08. The molecule has 0 spiro atoms. The van der Waals surface area contributed by atoms with Crippen molar-refractivity contribution < 1.29 is 9.53 Å². The normalized spacial score (nSPS) is 10.3. The second-order valence-corrected chi connectivity index (χ2v) is 5.40. The summed E-state index contributed by atoms with van der Waals surface area (Å²) in [5.74, 6) is 0.855. The van der Waals surface area contributed by atoms with E-state index in [2.05, 4.69) is 41.7 Å². The predicted octanol–water partition coefficient (Wildman–Crippen LogP) is 2.51. The van der Waals surface area contributed by atoms with Crippen LogP contribution in [0.5, 0.6) is 5.75 Å². The van der Waals surface area contributed by atoms with Crippen molar-refractivity contribution in [3.05, 3.63) is 65.7 Å². The van der Waals surface area contributed by atoms with Crippen molar-refractivity contribution in [3.63, 3.8) is 0 Å². The van der Waals surface area contributed by atoms with Gasteiger partial charge in [0.25, 0.3) is 0 Å². The minimum atomic E-state index is -0.00207. The summed E-state index contributed by atoms with van der Waals surface area (Å²) in [6, 6.07) is 18.6. The highest BCUT2D eigenvalue weighted by Crippen LogP contribution is 2.15. The third-order valence-electron chi connectivity index (χ3n) is 3.46. The molecule has 0 fully saturated rings. The largest absolute Gasteiger partial charge is 0.494 e. The first-order chi connectivity index (χ1) is 11.3. The number of ether oxygens (including phenoxy) is 1. The lowest BCUT2D eigenvalue weighted by Crippen LogP contribution is -2.27. The zero-order valence-electron chi connectivity index (χ0n) is 13.3. The number of amides is 1. The van der Waals surface area contributed by atoms with E-state index in [4.69, 9.17) is 10.5 Å². The van der Waals surface area contributed by atoms with Crippen LogP contribution in [0, 0.1) is 0 Å². The number of hydrogen-bond acceptors (Lipinski definition) is 3. The summed E-state index contributed by atoms with van der Waals surface area (Å²) in [4.78, 5) is 11.2. The molecule has 0 heterocycles. The molecule has 0 atom stereocenters. The molecular weight excluding hydrogens is 288 g/mol. The van der Waals surface area contributed by atoms with Crippen LogP contribution in [-0.2, 0) is 11.2 Å². The lowest BCUT2D eigenvalue weighted by atomic mass is 10.1. The molecule has 2 rings (SSSR count). The molecule has 2 aromatic carbocycles. The van der Waals surface area contributed by atoms with E-state index in [0.29, 0.717) is 26.1 Å². The fourth-order valence-electron chi connectivity index (χ4n) is 2.24. The van der Waals surface area contributed by atoms with E-state index < -0.39 is 0 Å². The van der Waals surface area contributed by atoms with Gasteiger partial charge in [0.05, 0.1) is 6.61 Å². The van der Waals surface area contributed by atoms with Crippen LogP contribution in [0.15, 0.2) is 54.6 Å². The van der Waals surface area contributed by atoms with Gasteiger partial charge in [-0.05, 0) is 36.1 Å².